The fourth-order valence-electron chi connectivity index (χ4n) is 2.70. The number of hydrogen-bond donors (Lipinski definition) is 1. The van der Waals surface area contributed by atoms with Crippen molar-refractivity contribution >= 4 is 34.2 Å². The topological polar surface area (TPSA) is 133 Å². The van der Waals surface area contributed by atoms with Crippen LogP contribution in [0.15, 0.2) is 53.6 Å². The molecule has 0 aliphatic rings. The van der Waals surface area contributed by atoms with Gasteiger partial charge in [0.15, 0.2) is 0 Å². The van der Waals surface area contributed by atoms with E-state index in [0.29, 0.717) is 0 Å². The maximum Gasteiger partial charge on any atom is 0.340 e. The molecule has 1 aromatic heterocycles. The molecule has 29 heavy (non-hydrogen) atoms. The van der Waals surface area contributed by atoms with Crippen molar-refractivity contribution in [3.63, 3.8) is 0 Å². The monoisotopic (exact) mass is 396 g/mol. The van der Waals surface area contributed by atoms with Gasteiger partial charge in [0.2, 0.25) is 5.91 Å². The Morgan fingerprint density at radius 2 is 2.00 bits per heavy atom. The Morgan fingerprint density at radius 1 is 1.24 bits per heavy atom. The van der Waals surface area contributed by atoms with Crippen LogP contribution in [0.5, 0.6) is 0 Å². The summed E-state index contributed by atoms with van der Waals surface area (Å²) in [6, 6.07) is 10.1. The van der Waals surface area contributed by atoms with Gasteiger partial charge in [-0.15, -0.1) is 0 Å². The number of nitro benzene ring substituents is 1. The number of rotatable bonds is 6. The molecule has 3 aromatic rings. The molecule has 0 fully saturated rings. The van der Waals surface area contributed by atoms with E-state index in [-0.39, 0.29) is 41.0 Å². The van der Waals surface area contributed by atoms with Crippen LogP contribution in [0.2, 0.25) is 0 Å². The highest BCUT2D eigenvalue weighted by Gasteiger charge is 2.16. The van der Waals surface area contributed by atoms with Crippen molar-refractivity contribution in [1.82, 2.24) is 9.55 Å². The van der Waals surface area contributed by atoms with E-state index in [0.717, 1.165) is 10.6 Å². The van der Waals surface area contributed by atoms with Crippen LogP contribution in [0.1, 0.15) is 17.3 Å². The molecule has 10 heteroatoms. The van der Waals surface area contributed by atoms with Gasteiger partial charge in [0.05, 0.1) is 40.0 Å². The zero-order valence-electron chi connectivity index (χ0n) is 15.3. The van der Waals surface area contributed by atoms with Gasteiger partial charge in [-0.3, -0.25) is 24.3 Å². The lowest BCUT2D eigenvalue weighted by Crippen LogP contribution is -2.28. The van der Waals surface area contributed by atoms with Crippen molar-refractivity contribution in [2.24, 2.45) is 0 Å². The number of esters is 1. The van der Waals surface area contributed by atoms with Gasteiger partial charge in [0.1, 0.15) is 6.54 Å². The number of ether oxygens (including phenoxy) is 1. The third kappa shape index (κ3) is 4.26. The number of hydrogen-bond acceptors (Lipinski definition) is 7. The minimum atomic E-state index is -0.616. The summed E-state index contributed by atoms with van der Waals surface area (Å²) >= 11 is 0. The molecule has 0 spiro atoms. The van der Waals surface area contributed by atoms with E-state index in [4.69, 9.17) is 4.74 Å². The number of non-ortho nitro benzene ring substituents is 1. The maximum absolute atomic E-state index is 12.6. The number of para-hydroxylation sites is 1. The molecule has 0 bridgehead atoms. The number of carbonyl (C=O) groups is 2. The van der Waals surface area contributed by atoms with Crippen LogP contribution in [0.25, 0.3) is 10.9 Å². The summed E-state index contributed by atoms with van der Waals surface area (Å²) in [6.45, 7) is 1.47. The first-order chi connectivity index (χ1) is 13.9. The summed E-state index contributed by atoms with van der Waals surface area (Å²) < 4.78 is 5.99. The molecule has 1 N–H and O–H groups in total. The van der Waals surface area contributed by atoms with Gasteiger partial charge >= 0.3 is 5.97 Å². The normalized spacial score (nSPS) is 10.5. The summed E-state index contributed by atoms with van der Waals surface area (Å²) in [5, 5.41) is 13.5. The van der Waals surface area contributed by atoms with Crippen LogP contribution >= 0.6 is 0 Å². The number of nitro groups is 1. The SMILES string of the molecule is CCOC(=O)c1ccccc1NC(=O)Cn1cnc2ccc([N+](=O)[O-])cc2c1=O. The molecule has 1 amide bonds. The van der Waals surface area contributed by atoms with E-state index >= 15 is 0 Å². The summed E-state index contributed by atoms with van der Waals surface area (Å²) in [6.07, 6.45) is 1.19. The number of fused-ring (bicyclic) bond motifs is 1. The highest BCUT2D eigenvalue weighted by molar-refractivity contribution is 6.01. The summed E-state index contributed by atoms with van der Waals surface area (Å²) in [5.41, 5.74) is -0.130. The van der Waals surface area contributed by atoms with Crippen LogP contribution in [-0.4, -0.2) is 33.0 Å². The summed E-state index contributed by atoms with van der Waals surface area (Å²) in [5.74, 6) is -1.16. The standard InChI is InChI=1S/C19H16N4O6/c1-2-29-19(26)13-5-3-4-6-16(13)21-17(24)10-22-11-20-15-8-7-12(23(27)28)9-14(15)18(22)25/h3-9,11H,2,10H2,1H3,(H,21,24). The van der Waals surface area contributed by atoms with Crippen LogP contribution in [0.3, 0.4) is 0 Å². The number of benzene rings is 2. The molecular formula is C19H16N4O6. The fourth-order valence-corrected chi connectivity index (χ4v) is 2.70. The Hall–Kier alpha value is -4.08. The maximum atomic E-state index is 12.6. The number of amides is 1. The molecule has 10 nitrogen and oxygen atoms in total. The highest BCUT2D eigenvalue weighted by atomic mass is 16.6. The molecule has 0 saturated heterocycles. The van der Waals surface area contributed by atoms with E-state index < -0.39 is 22.4 Å². The van der Waals surface area contributed by atoms with Crippen molar-refractivity contribution < 1.29 is 19.2 Å². The summed E-state index contributed by atoms with van der Waals surface area (Å²) in [4.78, 5) is 51.4. The molecule has 0 aliphatic carbocycles. The largest absolute Gasteiger partial charge is 0.462 e. The van der Waals surface area contributed by atoms with E-state index in [2.05, 4.69) is 10.3 Å². The Labute approximate surface area is 163 Å². The Bertz CT molecular complexity index is 1170. The number of nitrogens with zero attached hydrogens (tertiary/aromatic N) is 3. The average Bonchev–Trinajstić information content (AvgIpc) is 2.70. The van der Waals surface area contributed by atoms with E-state index in [1.807, 2.05) is 0 Å². The van der Waals surface area contributed by atoms with Gasteiger partial charge in [-0.2, -0.15) is 0 Å². The van der Waals surface area contributed by atoms with Gasteiger partial charge in [-0.25, -0.2) is 9.78 Å². The van der Waals surface area contributed by atoms with Gasteiger partial charge in [0, 0.05) is 12.1 Å². The highest BCUT2D eigenvalue weighted by Crippen LogP contribution is 2.17. The number of nitrogens with one attached hydrogen (secondary N) is 1. The number of carbonyl (C=O) groups excluding carboxylic acids is 2. The van der Waals surface area contributed by atoms with Gasteiger partial charge in [-0.05, 0) is 25.1 Å². The molecule has 2 aromatic carbocycles. The van der Waals surface area contributed by atoms with Crippen molar-refractivity contribution in [3.8, 4) is 0 Å². The van der Waals surface area contributed by atoms with Crippen molar-refractivity contribution in [3.05, 3.63) is 74.8 Å². The number of aromatic nitrogens is 2. The Kier molecular flexibility index (Phi) is 5.63. The molecule has 148 valence electrons. The molecular weight excluding hydrogens is 380 g/mol. The lowest BCUT2D eigenvalue weighted by atomic mass is 10.2. The summed E-state index contributed by atoms with van der Waals surface area (Å²) in [7, 11) is 0. The van der Waals surface area contributed by atoms with Crippen molar-refractivity contribution in [2.75, 3.05) is 11.9 Å². The fraction of sp³-hybridized carbons (Fsp3) is 0.158. The smallest absolute Gasteiger partial charge is 0.340 e. The van der Waals surface area contributed by atoms with Crippen LogP contribution in [0.4, 0.5) is 11.4 Å². The Balaban J connectivity index is 1.86. The first kappa shape index (κ1) is 19.7. The van der Waals surface area contributed by atoms with E-state index in [1.165, 1.54) is 30.6 Å². The first-order valence-electron chi connectivity index (χ1n) is 8.60. The lowest BCUT2D eigenvalue weighted by molar-refractivity contribution is -0.384. The van der Waals surface area contributed by atoms with Crippen LogP contribution in [-0.2, 0) is 16.1 Å². The van der Waals surface area contributed by atoms with E-state index in [9.17, 15) is 24.5 Å². The minimum absolute atomic E-state index is 0.0291. The molecule has 0 aliphatic heterocycles. The second kappa shape index (κ2) is 8.30. The second-order valence-corrected chi connectivity index (χ2v) is 5.95. The molecule has 0 saturated carbocycles. The predicted octanol–water partition coefficient (Wildman–Crippen LogP) is 2.12. The average molecular weight is 396 g/mol. The third-order valence-corrected chi connectivity index (χ3v) is 4.03. The molecule has 0 unspecified atom stereocenters. The zero-order valence-corrected chi connectivity index (χ0v) is 15.3. The van der Waals surface area contributed by atoms with Crippen LogP contribution in [0, 0.1) is 10.1 Å². The van der Waals surface area contributed by atoms with Crippen molar-refractivity contribution in [1.29, 1.82) is 0 Å². The first-order valence-corrected chi connectivity index (χ1v) is 8.60. The Morgan fingerprint density at radius 3 is 2.72 bits per heavy atom. The molecule has 0 radical (unpaired) electrons. The third-order valence-electron chi connectivity index (χ3n) is 4.03. The van der Waals surface area contributed by atoms with Gasteiger partial charge < -0.3 is 10.1 Å². The zero-order chi connectivity index (χ0) is 21.0. The number of anilines is 1. The molecule has 1 heterocycles. The molecule has 3 rings (SSSR count). The molecule has 0 atom stereocenters. The van der Waals surface area contributed by atoms with Crippen LogP contribution < -0.4 is 10.9 Å². The lowest BCUT2D eigenvalue weighted by Gasteiger charge is -2.11. The van der Waals surface area contributed by atoms with Gasteiger partial charge in [-0.1, -0.05) is 12.1 Å². The predicted molar refractivity (Wildman–Crippen MR) is 104 cm³/mol. The van der Waals surface area contributed by atoms with Gasteiger partial charge in [0.25, 0.3) is 11.2 Å². The van der Waals surface area contributed by atoms with Crippen molar-refractivity contribution in [2.45, 2.75) is 13.5 Å². The van der Waals surface area contributed by atoms with E-state index in [1.54, 1.807) is 19.1 Å². The quantitative estimate of drug-likeness (QED) is 0.383. The second-order valence-electron chi connectivity index (χ2n) is 5.95. The minimum Gasteiger partial charge on any atom is -0.462 e.